The number of rotatable bonds is 9. The molecule has 2 aromatic rings. The highest BCUT2D eigenvalue weighted by molar-refractivity contribution is 5.81. The zero-order chi connectivity index (χ0) is 18.1. The Kier molecular flexibility index (Phi) is 7.26. The second kappa shape index (κ2) is 9.67. The van der Waals surface area contributed by atoms with Crippen LogP contribution in [0, 0.1) is 5.82 Å². The van der Waals surface area contributed by atoms with Crippen LogP contribution in [0.4, 0.5) is 4.39 Å². The number of halogens is 1. The highest BCUT2D eigenvalue weighted by Crippen LogP contribution is 2.19. The van der Waals surface area contributed by atoms with Crippen LogP contribution >= 0.6 is 0 Å². The van der Waals surface area contributed by atoms with Crippen LogP contribution in [-0.2, 0) is 11.2 Å². The number of para-hydroxylation sites is 2. The molecule has 1 unspecified atom stereocenters. The van der Waals surface area contributed by atoms with E-state index in [1.807, 2.05) is 31.2 Å². The number of hydrogen-bond acceptors (Lipinski definition) is 3. The van der Waals surface area contributed by atoms with Crippen molar-refractivity contribution in [2.24, 2.45) is 0 Å². The third kappa shape index (κ3) is 5.48. The predicted octanol–water partition coefficient (Wildman–Crippen LogP) is 3.74. The molecule has 0 aliphatic rings. The third-order valence-electron chi connectivity index (χ3n) is 3.88. The molecule has 4 nitrogen and oxygen atoms in total. The van der Waals surface area contributed by atoms with E-state index >= 15 is 0 Å². The summed E-state index contributed by atoms with van der Waals surface area (Å²) in [4.78, 5) is 12.2. The summed E-state index contributed by atoms with van der Waals surface area (Å²) in [5, 5.41) is 2.85. The number of aryl methyl sites for hydroxylation is 1. The van der Waals surface area contributed by atoms with Gasteiger partial charge in [-0.25, -0.2) is 4.39 Å². The van der Waals surface area contributed by atoms with Gasteiger partial charge in [0, 0.05) is 6.54 Å². The van der Waals surface area contributed by atoms with Crippen molar-refractivity contribution in [3.63, 3.8) is 0 Å². The van der Waals surface area contributed by atoms with Gasteiger partial charge in [-0.15, -0.1) is 0 Å². The fourth-order valence-electron chi connectivity index (χ4n) is 2.53. The molecule has 2 rings (SSSR count). The van der Waals surface area contributed by atoms with Gasteiger partial charge in [0.25, 0.3) is 5.91 Å². The molecule has 0 heterocycles. The number of hydrogen-bond donors (Lipinski definition) is 1. The first-order chi connectivity index (χ1) is 12.2. The molecular formula is C20H24FNO3. The van der Waals surface area contributed by atoms with Crippen molar-refractivity contribution in [2.75, 3.05) is 13.7 Å². The molecule has 1 N–H and O–H groups in total. The Bertz CT molecular complexity index is 690. The van der Waals surface area contributed by atoms with Crippen LogP contribution in [0.25, 0.3) is 0 Å². The average Bonchev–Trinajstić information content (AvgIpc) is 2.64. The quantitative estimate of drug-likeness (QED) is 0.704. The lowest BCUT2D eigenvalue weighted by atomic mass is 10.1. The molecule has 0 bridgehead atoms. The SMILES string of the molecule is CCC(Oc1ccccc1F)C(=O)NCCCc1ccccc1OC. The van der Waals surface area contributed by atoms with Gasteiger partial charge in [-0.3, -0.25) is 4.79 Å². The highest BCUT2D eigenvalue weighted by atomic mass is 19.1. The second-order valence-corrected chi connectivity index (χ2v) is 5.65. The van der Waals surface area contributed by atoms with E-state index in [-0.39, 0.29) is 11.7 Å². The van der Waals surface area contributed by atoms with Crippen LogP contribution in [0.5, 0.6) is 11.5 Å². The molecule has 0 aliphatic heterocycles. The zero-order valence-corrected chi connectivity index (χ0v) is 14.6. The monoisotopic (exact) mass is 345 g/mol. The molecule has 0 saturated carbocycles. The second-order valence-electron chi connectivity index (χ2n) is 5.65. The van der Waals surface area contributed by atoms with Gasteiger partial charge < -0.3 is 14.8 Å². The minimum absolute atomic E-state index is 0.0959. The fraction of sp³-hybridized carbons (Fsp3) is 0.350. The number of amides is 1. The summed E-state index contributed by atoms with van der Waals surface area (Å²) in [7, 11) is 1.65. The van der Waals surface area contributed by atoms with Gasteiger partial charge in [0.2, 0.25) is 0 Å². The maximum Gasteiger partial charge on any atom is 0.261 e. The Morgan fingerprint density at radius 3 is 2.48 bits per heavy atom. The summed E-state index contributed by atoms with van der Waals surface area (Å²) in [6.07, 6.45) is 1.34. The number of carbonyl (C=O) groups excluding carboxylic acids is 1. The molecule has 1 amide bonds. The molecule has 134 valence electrons. The van der Waals surface area contributed by atoms with E-state index in [0.29, 0.717) is 13.0 Å². The Balaban J connectivity index is 1.81. The van der Waals surface area contributed by atoms with Crippen LogP contribution in [0.1, 0.15) is 25.3 Å². The molecule has 0 fully saturated rings. The molecule has 1 atom stereocenters. The molecule has 2 aromatic carbocycles. The van der Waals surface area contributed by atoms with Crippen LogP contribution in [0.2, 0.25) is 0 Å². The van der Waals surface area contributed by atoms with Crippen molar-refractivity contribution in [3.05, 3.63) is 59.9 Å². The predicted molar refractivity (Wildman–Crippen MR) is 95.4 cm³/mol. The first-order valence-electron chi connectivity index (χ1n) is 8.46. The van der Waals surface area contributed by atoms with Crippen LogP contribution in [0.3, 0.4) is 0 Å². The Labute approximate surface area is 148 Å². The summed E-state index contributed by atoms with van der Waals surface area (Å²) in [6.45, 7) is 2.36. The molecule has 5 heteroatoms. The van der Waals surface area contributed by atoms with Crippen molar-refractivity contribution < 1.29 is 18.7 Å². The number of benzene rings is 2. The van der Waals surface area contributed by atoms with Gasteiger partial charge >= 0.3 is 0 Å². The van der Waals surface area contributed by atoms with Crippen LogP contribution in [0.15, 0.2) is 48.5 Å². The normalized spacial score (nSPS) is 11.6. The van der Waals surface area contributed by atoms with Crippen molar-refractivity contribution in [3.8, 4) is 11.5 Å². The van der Waals surface area contributed by atoms with Gasteiger partial charge in [0.1, 0.15) is 5.75 Å². The summed E-state index contributed by atoms with van der Waals surface area (Å²) >= 11 is 0. The largest absolute Gasteiger partial charge is 0.496 e. The van der Waals surface area contributed by atoms with Gasteiger partial charge in [0.05, 0.1) is 7.11 Å². The maximum absolute atomic E-state index is 13.6. The lowest BCUT2D eigenvalue weighted by molar-refractivity contribution is -0.128. The summed E-state index contributed by atoms with van der Waals surface area (Å²) < 4.78 is 24.5. The van der Waals surface area contributed by atoms with E-state index in [1.165, 1.54) is 12.1 Å². The summed E-state index contributed by atoms with van der Waals surface area (Å²) in [5.41, 5.74) is 1.11. The summed E-state index contributed by atoms with van der Waals surface area (Å²) in [5.74, 6) is 0.248. The molecule has 0 radical (unpaired) electrons. The fourth-order valence-corrected chi connectivity index (χ4v) is 2.53. The van der Waals surface area contributed by atoms with Crippen molar-refractivity contribution in [2.45, 2.75) is 32.3 Å². The van der Waals surface area contributed by atoms with E-state index in [1.54, 1.807) is 19.2 Å². The van der Waals surface area contributed by atoms with Crippen LogP contribution in [-0.4, -0.2) is 25.7 Å². The first-order valence-corrected chi connectivity index (χ1v) is 8.46. The average molecular weight is 345 g/mol. The van der Waals surface area contributed by atoms with Gasteiger partial charge in [0.15, 0.2) is 17.7 Å². The van der Waals surface area contributed by atoms with Gasteiger partial charge in [-0.1, -0.05) is 37.3 Å². The number of carbonyl (C=O) groups is 1. The minimum Gasteiger partial charge on any atom is -0.496 e. The number of nitrogens with one attached hydrogen (secondary N) is 1. The Morgan fingerprint density at radius 2 is 1.80 bits per heavy atom. The lowest BCUT2D eigenvalue weighted by Crippen LogP contribution is -2.38. The van der Waals surface area contributed by atoms with Crippen molar-refractivity contribution in [1.82, 2.24) is 5.32 Å². The van der Waals surface area contributed by atoms with Crippen molar-refractivity contribution >= 4 is 5.91 Å². The highest BCUT2D eigenvalue weighted by Gasteiger charge is 2.19. The van der Waals surface area contributed by atoms with Crippen LogP contribution < -0.4 is 14.8 Å². The number of methoxy groups -OCH3 is 1. The zero-order valence-electron chi connectivity index (χ0n) is 14.6. The van der Waals surface area contributed by atoms with E-state index in [0.717, 1.165) is 24.2 Å². The molecule has 0 aliphatic carbocycles. The number of ether oxygens (including phenoxy) is 2. The minimum atomic E-state index is -0.705. The lowest BCUT2D eigenvalue weighted by Gasteiger charge is -2.17. The topological polar surface area (TPSA) is 47.6 Å². The Hall–Kier alpha value is -2.56. The first kappa shape index (κ1) is 18.8. The van der Waals surface area contributed by atoms with Crippen molar-refractivity contribution in [1.29, 1.82) is 0 Å². The third-order valence-corrected chi connectivity index (χ3v) is 3.88. The Morgan fingerprint density at radius 1 is 1.12 bits per heavy atom. The standard InChI is InChI=1S/C20H24FNO3/c1-3-17(25-19-13-7-5-11-16(19)21)20(23)22-14-8-10-15-9-4-6-12-18(15)24-2/h4-7,9,11-13,17H,3,8,10,14H2,1-2H3,(H,22,23). The van der Waals surface area contributed by atoms with Gasteiger partial charge in [-0.2, -0.15) is 0 Å². The van der Waals surface area contributed by atoms with Gasteiger partial charge in [-0.05, 0) is 43.0 Å². The van der Waals surface area contributed by atoms with E-state index in [4.69, 9.17) is 9.47 Å². The molecule has 0 spiro atoms. The molecule has 0 aromatic heterocycles. The maximum atomic E-state index is 13.6. The van der Waals surface area contributed by atoms with E-state index < -0.39 is 11.9 Å². The summed E-state index contributed by atoms with van der Waals surface area (Å²) in [6, 6.07) is 13.9. The molecule has 25 heavy (non-hydrogen) atoms. The molecule has 0 saturated heterocycles. The van der Waals surface area contributed by atoms with E-state index in [2.05, 4.69) is 5.32 Å². The smallest absolute Gasteiger partial charge is 0.261 e. The van der Waals surface area contributed by atoms with E-state index in [9.17, 15) is 9.18 Å². The molecular weight excluding hydrogens is 321 g/mol.